The van der Waals surface area contributed by atoms with Gasteiger partial charge >= 0.3 is 0 Å². The average molecular weight is 540 g/mol. The number of halogens is 2. The molecule has 3 rings (SSSR count). The molecule has 0 aliphatic carbocycles. The van der Waals surface area contributed by atoms with Crippen LogP contribution in [0.3, 0.4) is 0 Å². The average Bonchev–Trinajstić information content (AvgIpc) is 3.21. The van der Waals surface area contributed by atoms with Crippen LogP contribution in [0.25, 0.3) is 0 Å². The summed E-state index contributed by atoms with van der Waals surface area (Å²) in [5.74, 6) is 1.18. The molecule has 0 atom stereocenters. The Morgan fingerprint density at radius 1 is 1.15 bits per heavy atom. The molecule has 0 aliphatic heterocycles. The van der Waals surface area contributed by atoms with Crippen molar-refractivity contribution in [3.8, 4) is 17.6 Å². The lowest BCUT2D eigenvalue weighted by Gasteiger charge is -2.27. The van der Waals surface area contributed by atoms with Crippen molar-refractivity contribution >= 4 is 44.4 Å². The van der Waals surface area contributed by atoms with Gasteiger partial charge in [-0.25, -0.2) is 13.4 Å². The van der Waals surface area contributed by atoms with E-state index < -0.39 is 15.3 Å². The number of thiazole rings is 1. The quantitative estimate of drug-likeness (QED) is 0.306. The van der Waals surface area contributed by atoms with Gasteiger partial charge in [-0.15, -0.1) is 22.9 Å². The van der Waals surface area contributed by atoms with Crippen LogP contribution in [0, 0.1) is 11.3 Å². The standard InChI is InChI=1S/C24H24Cl2N2O4S2/c1-24(2,18-10-16(12-27)23(20(26)11-18)31-9-8-25)17-4-6-19(7-5-17)32-13-22-21(28-15-33-22)14-34(3,29)30/h4-7,10-11,15H,8-9,13-14H2,1-3H3. The van der Waals surface area contributed by atoms with Crippen molar-refractivity contribution in [2.75, 3.05) is 18.7 Å². The molecule has 1 aromatic heterocycles. The van der Waals surface area contributed by atoms with Crippen LogP contribution in [0.15, 0.2) is 41.9 Å². The normalized spacial score (nSPS) is 11.8. The summed E-state index contributed by atoms with van der Waals surface area (Å²) in [6.07, 6.45) is 1.19. The molecular weight excluding hydrogens is 515 g/mol. The molecule has 180 valence electrons. The van der Waals surface area contributed by atoms with Gasteiger partial charge in [0.1, 0.15) is 25.0 Å². The molecule has 0 saturated carbocycles. The highest BCUT2D eigenvalue weighted by Crippen LogP contribution is 2.38. The SMILES string of the molecule is CC(C)(c1ccc(OCc2scnc2CS(C)(=O)=O)cc1)c1cc(Cl)c(OCCCl)c(C#N)c1. The van der Waals surface area contributed by atoms with E-state index in [1.807, 2.05) is 44.2 Å². The minimum Gasteiger partial charge on any atom is -0.489 e. The van der Waals surface area contributed by atoms with E-state index in [2.05, 4.69) is 11.1 Å². The number of benzene rings is 2. The monoisotopic (exact) mass is 538 g/mol. The maximum Gasteiger partial charge on any atom is 0.155 e. The number of hydrogen-bond acceptors (Lipinski definition) is 7. The summed E-state index contributed by atoms with van der Waals surface area (Å²) in [7, 11) is -3.17. The van der Waals surface area contributed by atoms with Gasteiger partial charge in [-0.05, 0) is 35.4 Å². The van der Waals surface area contributed by atoms with Crippen LogP contribution < -0.4 is 9.47 Å². The Morgan fingerprint density at radius 2 is 1.85 bits per heavy atom. The number of alkyl halides is 1. The number of rotatable bonds is 10. The summed E-state index contributed by atoms with van der Waals surface area (Å²) in [6, 6.07) is 13.4. The Hall–Kier alpha value is -2.31. The van der Waals surface area contributed by atoms with E-state index in [1.165, 1.54) is 17.6 Å². The molecule has 0 unspecified atom stereocenters. The highest BCUT2D eigenvalue weighted by atomic mass is 35.5. The zero-order valence-electron chi connectivity index (χ0n) is 19.0. The van der Waals surface area contributed by atoms with E-state index >= 15 is 0 Å². The first-order valence-corrected chi connectivity index (χ1v) is 14.2. The largest absolute Gasteiger partial charge is 0.489 e. The number of ether oxygens (including phenoxy) is 2. The highest BCUT2D eigenvalue weighted by molar-refractivity contribution is 7.89. The summed E-state index contributed by atoms with van der Waals surface area (Å²) in [5, 5.41) is 9.95. The maximum atomic E-state index is 11.6. The Balaban J connectivity index is 1.77. The third-order valence-corrected chi connectivity index (χ3v) is 7.36. The summed E-state index contributed by atoms with van der Waals surface area (Å²) in [6.45, 7) is 4.59. The molecule has 0 spiro atoms. The minimum atomic E-state index is -3.17. The van der Waals surface area contributed by atoms with Crippen molar-refractivity contribution in [1.82, 2.24) is 4.98 Å². The molecule has 0 fully saturated rings. The molecule has 0 bridgehead atoms. The molecule has 0 saturated heterocycles. The molecule has 0 amide bonds. The molecule has 2 aromatic carbocycles. The molecule has 34 heavy (non-hydrogen) atoms. The van der Waals surface area contributed by atoms with Crippen molar-refractivity contribution in [3.05, 3.63) is 74.2 Å². The van der Waals surface area contributed by atoms with Crippen LogP contribution in [0.1, 0.15) is 41.1 Å². The first kappa shape index (κ1) is 26.3. The Labute approximate surface area is 214 Å². The zero-order valence-corrected chi connectivity index (χ0v) is 22.1. The number of nitriles is 1. The number of sulfone groups is 1. The second-order valence-electron chi connectivity index (χ2n) is 8.21. The van der Waals surface area contributed by atoms with Crippen LogP contribution in [0.4, 0.5) is 0 Å². The number of hydrogen-bond donors (Lipinski definition) is 0. The Bertz CT molecular complexity index is 1300. The lowest BCUT2D eigenvalue weighted by atomic mass is 9.77. The molecule has 3 aromatic rings. The van der Waals surface area contributed by atoms with Gasteiger partial charge in [0.2, 0.25) is 0 Å². The fourth-order valence-corrected chi connectivity index (χ4v) is 5.27. The van der Waals surface area contributed by atoms with Gasteiger partial charge in [-0.1, -0.05) is 37.6 Å². The summed E-state index contributed by atoms with van der Waals surface area (Å²) in [5.41, 5.74) is 3.93. The molecular formula is C24H24Cl2N2O4S2. The Kier molecular flexibility index (Phi) is 8.47. The lowest BCUT2D eigenvalue weighted by Crippen LogP contribution is -2.19. The minimum absolute atomic E-state index is 0.106. The molecule has 10 heteroatoms. The summed E-state index contributed by atoms with van der Waals surface area (Å²) < 4.78 is 34.6. The van der Waals surface area contributed by atoms with Gasteiger partial charge in [0.15, 0.2) is 15.6 Å². The van der Waals surface area contributed by atoms with Crippen LogP contribution in [0.5, 0.6) is 11.5 Å². The van der Waals surface area contributed by atoms with Gasteiger partial charge < -0.3 is 9.47 Å². The van der Waals surface area contributed by atoms with Crippen LogP contribution in [-0.2, 0) is 27.6 Å². The van der Waals surface area contributed by atoms with Crippen molar-refractivity contribution in [2.45, 2.75) is 31.6 Å². The van der Waals surface area contributed by atoms with Gasteiger partial charge in [-0.2, -0.15) is 5.26 Å². The van der Waals surface area contributed by atoms with Gasteiger partial charge in [0, 0.05) is 11.7 Å². The van der Waals surface area contributed by atoms with E-state index in [0.29, 0.717) is 33.7 Å². The summed E-state index contributed by atoms with van der Waals surface area (Å²) in [4.78, 5) is 4.93. The molecule has 0 radical (unpaired) electrons. The van der Waals surface area contributed by atoms with E-state index in [-0.39, 0.29) is 19.0 Å². The molecule has 0 aliphatic rings. The van der Waals surface area contributed by atoms with Crippen LogP contribution >= 0.6 is 34.5 Å². The van der Waals surface area contributed by atoms with Crippen molar-refractivity contribution in [1.29, 1.82) is 5.26 Å². The Morgan fingerprint density at radius 3 is 2.47 bits per heavy atom. The molecule has 0 N–H and O–H groups in total. The topological polar surface area (TPSA) is 89.3 Å². The predicted octanol–water partition coefficient (Wildman–Crippen LogP) is 5.74. The smallest absolute Gasteiger partial charge is 0.155 e. The molecule has 1 heterocycles. The van der Waals surface area contributed by atoms with E-state index in [4.69, 9.17) is 32.7 Å². The van der Waals surface area contributed by atoms with Gasteiger partial charge in [0.25, 0.3) is 0 Å². The second-order valence-corrected chi connectivity index (χ2v) is 12.1. The second kappa shape index (κ2) is 11.0. The first-order valence-electron chi connectivity index (χ1n) is 10.3. The summed E-state index contributed by atoms with van der Waals surface area (Å²) >= 11 is 13.5. The zero-order chi connectivity index (χ0) is 24.9. The predicted molar refractivity (Wildman–Crippen MR) is 136 cm³/mol. The molecule has 6 nitrogen and oxygen atoms in total. The third kappa shape index (κ3) is 6.42. The van der Waals surface area contributed by atoms with Crippen LogP contribution in [-0.4, -0.2) is 32.1 Å². The highest BCUT2D eigenvalue weighted by Gasteiger charge is 2.26. The third-order valence-electron chi connectivity index (χ3n) is 5.28. The van der Waals surface area contributed by atoms with Crippen molar-refractivity contribution < 1.29 is 17.9 Å². The van der Waals surface area contributed by atoms with Crippen molar-refractivity contribution in [2.24, 2.45) is 0 Å². The van der Waals surface area contributed by atoms with Gasteiger partial charge in [-0.3, -0.25) is 0 Å². The van der Waals surface area contributed by atoms with E-state index in [0.717, 1.165) is 16.0 Å². The first-order chi connectivity index (χ1) is 16.0. The lowest BCUT2D eigenvalue weighted by molar-refractivity contribution is 0.308. The van der Waals surface area contributed by atoms with Gasteiger partial charge in [0.05, 0.1) is 38.3 Å². The number of aromatic nitrogens is 1. The number of nitrogens with zero attached hydrogens (tertiary/aromatic N) is 2. The van der Waals surface area contributed by atoms with E-state index in [9.17, 15) is 13.7 Å². The van der Waals surface area contributed by atoms with Crippen LogP contribution in [0.2, 0.25) is 5.02 Å². The van der Waals surface area contributed by atoms with E-state index in [1.54, 1.807) is 11.6 Å². The van der Waals surface area contributed by atoms with Crippen molar-refractivity contribution in [3.63, 3.8) is 0 Å². The fourth-order valence-electron chi connectivity index (χ4n) is 3.39. The fraction of sp³-hybridized carbons (Fsp3) is 0.333. The maximum absolute atomic E-state index is 11.6.